The largest absolute Gasteiger partial charge is 0.329 e. The van der Waals surface area contributed by atoms with Crippen molar-refractivity contribution in [1.29, 1.82) is 0 Å². The number of likely N-dealkylation sites (N-methyl/N-ethyl adjacent to an activating group) is 1. The van der Waals surface area contributed by atoms with Crippen LogP contribution in [0.4, 0.5) is 8.78 Å². The van der Waals surface area contributed by atoms with Crippen molar-refractivity contribution in [1.82, 2.24) is 4.90 Å². The molecule has 1 aliphatic carbocycles. The van der Waals surface area contributed by atoms with Crippen LogP contribution in [-0.4, -0.2) is 25.0 Å². The molecule has 1 unspecified atom stereocenters. The van der Waals surface area contributed by atoms with Crippen molar-refractivity contribution in [3.8, 4) is 0 Å². The highest BCUT2D eigenvalue weighted by atomic mass is 19.2. The first-order chi connectivity index (χ1) is 9.11. The summed E-state index contributed by atoms with van der Waals surface area (Å²) in [5, 5.41) is 0. The van der Waals surface area contributed by atoms with Gasteiger partial charge in [-0.15, -0.1) is 0 Å². The van der Waals surface area contributed by atoms with Crippen LogP contribution in [-0.2, 0) is 0 Å². The third kappa shape index (κ3) is 3.51. The van der Waals surface area contributed by atoms with Crippen molar-refractivity contribution >= 4 is 0 Å². The molecular weight excluding hydrogens is 246 g/mol. The zero-order chi connectivity index (χ0) is 13.8. The van der Waals surface area contributed by atoms with Gasteiger partial charge in [0, 0.05) is 19.1 Å². The smallest absolute Gasteiger partial charge is 0.159 e. The molecule has 1 aliphatic rings. The Kier molecular flexibility index (Phi) is 4.88. The van der Waals surface area contributed by atoms with E-state index in [0.717, 1.165) is 12.1 Å². The van der Waals surface area contributed by atoms with Gasteiger partial charge in [0.2, 0.25) is 0 Å². The molecule has 106 valence electrons. The molecule has 0 heterocycles. The fraction of sp³-hybridized carbons (Fsp3) is 0.600. The van der Waals surface area contributed by atoms with E-state index in [4.69, 9.17) is 5.73 Å². The topological polar surface area (TPSA) is 29.3 Å². The Balaban J connectivity index is 2.06. The van der Waals surface area contributed by atoms with Crippen LogP contribution in [0.15, 0.2) is 18.2 Å². The van der Waals surface area contributed by atoms with Crippen molar-refractivity contribution in [3.05, 3.63) is 35.4 Å². The highest BCUT2D eigenvalue weighted by Crippen LogP contribution is 2.28. The summed E-state index contributed by atoms with van der Waals surface area (Å²) in [6.45, 7) is 1.38. The van der Waals surface area contributed by atoms with Crippen molar-refractivity contribution in [2.24, 2.45) is 11.7 Å². The van der Waals surface area contributed by atoms with E-state index in [1.54, 1.807) is 6.07 Å². The van der Waals surface area contributed by atoms with E-state index < -0.39 is 11.6 Å². The predicted molar refractivity (Wildman–Crippen MR) is 72.7 cm³/mol. The number of nitrogens with zero attached hydrogens (tertiary/aromatic N) is 1. The van der Waals surface area contributed by atoms with E-state index in [0.29, 0.717) is 12.5 Å². The second-order valence-corrected chi connectivity index (χ2v) is 5.52. The first kappa shape index (κ1) is 14.4. The molecule has 2 rings (SSSR count). The summed E-state index contributed by atoms with van der Waals surface area (Å²) in [6.07, 6.45) is 5.13. The zero-order valence-corrected chi connectivity index (χ0v) is 11.4. The molecule has 0 bridgehead atoms. The molecule has 0 aromatic heterocycles. The van der Waals surface area contributed by atoms with Crippen LogP contribution in [0.1, 0.15) is 37.3 Å². The Morgan fingerprint density at radius 1 is 1.26 bits per heavy atom. The summed E-state index contributed by atoms with van der Waals surface area (Å²) in [6, 6.07) is 4.02. The minimum absolute atomic E-state index is 0.0456. The lowest BCUT2D eigenvalue weighted by Crippen LogP contribution is -2.33. The first-order valence-electron chi connectivity index (χ1n) is 6.97. The quantitative estimate of drug-likeness (QED) is 0.889. The molecule has 1 aromatic rings. The third-order valence-corrected chi connectivity index (χ3v) is 4.10. The predicted octanol–water partition coefficient (Wildman–Crippen LogP) is 3.09. The number of hydrogen-bond donors (Lipinski definition) is 1. The van der Waals surface area contributed by atoms with Gasteiger partial charge in [-0.3, -0.25) is 4.90 Å². The average Bonchev–Trinajstić information content (AvgIpc) is 2.87. The van der Waals surface area contributed by atoms with Crippen LogP contribution in [0.25, 0.3) is 0 Å². The number of rotatable bonds is 5. The van der Waals surface area contributed by atoms with Crippen molar-refractivity contribution in [3.63, 3.8) is 0 Å². The molecule has 1 fully saturated rings. The number of hydrogen-bond acceptors (Lipinski definition) is 2. The molecule has 0 saturated heterocycles. The number of benzene rings is 1. The van der Waals surface area contributed by atoms with Gasteiger partial charge in [0.1, 0.15) is 0 Å². The number of nitrogens with two attached hydrogens (primary N) is 1. The van der Waals surface area contributed by atoms with Crippen molar-refractivity contribution in [2.45, 2.75) is 31.7 Å². The van der Waals surface area contributed by atoms with Crippen molar-refractivity contribution < 1.29 is 8.78 Å². The SMILES string of the molecule is CN(CC1CCCC1)C(CN)c1ccc(F)c(F)c1. The Morgan fingerprint density at radius 2 is 1.95 bits per heavy atom. The third-order valence-electron chi connectivity index (χ3n) is 4.10. The van der Waals surface area contributed by atoms with Gasteiger partial charge in [-0.25, -0.2) is 8.78 Å². The van der Waals surface area contributed by atoms with Crippen LogP contribution in [0.3, 0.4) is 0 Å². The second kappa shape index (κ2) is 6.44. The maximum absolute atomic E-state index is 13.3. The minimum atomic E-state index is -0.807. The van der Waals surface area contributed by atoms with Gasteiger partial charge in [-0.2, -0.15) is 0 Å². The molecule has 2 nitrogen and oxygen atoms in total. The highest BCUT2D eigenvalue weighted by Gasteiger charge is 2.22. The second-order valence-electron chi connectivity index (χ2n) is 5.52. The average molecular weight is 268 g/mol. The standard InChI is InChI=1S/C15H22F2N2/c1-19(10-11-4-2-3-5-11)15(9-18)12-6-7-13(16)14(17)8-12/h6-8,11,15H,2-5,9-10,18H2,1H3. The van der Waals surface area contributed by atoms with Gasteiger partial charge in [0.05, 0.1) is 0 Å². The lowest BCUT2D eigenvalue weighted by Gasteiger charge is -2.29. The fourth-order valence-electron chi connectivity index (χ4n) is 3.02. The molecule has 19 heavy (non-hydrogen) atoms. The molecule has 0 amide bonds. The van der Waals surface area contributed by atoms with E-state index in [1.807, 2.05) is 7.05 Å². The molecule has 0 spiro atoms. The Labute approximate surface area is 113 Å². The monoisotopic (exact) mass is 268 g/mol. The Hall–Kier alpha value is -1.00. The molecule has 0 aliphatic heterocycles. The summed E-state index contributed by atoms with van der Waals surface area (Å²) in [5.41, 5.74) is 6.56. The maximum Gasteiger partial charge on any atom is 0.159 e. The normalized spacial score (nSPS) is 18.2. The van der Waals surface area contributed by atoms with Crippen LogP contribution in [0, 0.1) is 17.6 Å². The van der Waals surface area contributed by atoms with E-state index in [1.165, 1.54) is 37.8 Å². The Bertz CT molecular complexity index is 417. The van der Waals surface area contributed by atoms with Crippen LogP contribution < -0.4 is 5.73 Å². The lowest BCUT2D eigenvalue weighted by molar-refractivity contribution is 0.212. The van der Waals surface area contributed by atoms with Gasteiger partial charge in [-0.05, 0) is 43.5 Å². The summed E-state index contributed by atoms with van der Waals surface area (Å²) in [5.74, 6) is -0.896. The molecule has 1 aromatic carbocycles. The fourth-order valence-corrected chi connectivity index (χ4v) is 3.02. The molecule has 2 N–H and O–H groups in total. The van der Waals surface area contributed by atoms with Crippen LogP contribution >= 0.6 is 0 Å². The van der Waals surface area contributed by atoms with E-state index >= 15 is 0 Å². The van der Waals surface area contributed by atoms with Gasteiger partial charge in [0.15, 0.2) is 11.6 Å². The maximum atomic E-state index is 13.3. The molecule has 1 atom stereocenters. The van der Waals surface area contributed by atoms with E-state index in [-0.39, 0.29) is 6.04 Å². The van der Waals surface area contributed by atoms with Crippen LogP contribution in [0.2, 0.25) is 0 Å². The molecular formula is C15H22F2N2. The summed E-state index contributed by atoms with van der Waals surface area (Å²) < 4.78 is 26.3. The zero-order valence-electron chi connectivity index (χ0n) is 11.4. The summed E-state index contributed by atoms with van der Waals surface area (Å²) >= 11 is 0. The highest BCUT2D eigenvalue weighted by molar-refractivity contribution is 5.21. The summed E-state index contributed by atoms with van der Waals surface area (Å²) in [4.78, 5) is 2.17. The minimum Gasteiger partial charge on any atom is -0.329 e. The van der Waals surface area contributed by atoms with E-state index in [2.05, 4.69) is 4.90 Å². The van der Waals surface area contributed by atoms with Gasteiger partial charge in [-0.1, -0.05) is 18.9 Å². The number of halogens is 2. The van der Waals surface area contributed by atoms with Gasteiger partial charge in [0.25, 0.3) is 0 Å². The van der Waals surface area contributed by atoms with Gasteiger partial charge >= 0.3 is 0 Å². The molecule has 4 heteroatoms. The van der Waals surface area contributed by atoms with Crippen molar-refractivity contribution in [2.75, 3.05) is 20.1 Å². The van der Waals surface area contributed by atoms with Crippen LogP contribution in [0.5, 0.6) is 0 Å². The van der Waals surface area contributed by atoms with Gasteiger partial charge < -0.3 is 5.73 Å². The van der Waals surface area contributed by atoms with E-state index in [9.17, 15) is 8.78 Å². The molecule has 0 radical (unpaired) electrons. The molecule has 1 saturated carbocycles. The lowest BCUT2D eigenvalue weighted by atomic mass is 10.0. The summed E-state index contributed by atoms with van der Waals surface area (Å²) in [7, 11) is 2.01. The Morgan fingerprint density at radius 3 is 2.53 bits per heavy atom. The first-order valence-corrected chi connectivity index (χ1v) is 6.97.